The number of carbonyl (C=O) groups excluding carboxylic acids is 2. The van der Waals surface area contributed by atoms with E-state index in [0.29, 0.717) is 34.6 Å². The van der Waals surface area contributed by atoms with Gasteiger partial charge < -0.3 is 41.6 Å². The van der Waals surface area contributed by atoms with Gasteiger partial charge in [0.25, 0.3) is 0 Å². The molecular formula is C51H56N18O2. The number of nitrogens with two attached hydrogens (primary N) is 1. The van der Waals surface area contributed by atoms with Crippen LogP contribution in [0.2, 0.25) is 0 Å². The molecule has 0 aliphatic carbocycles. The second-order valence-corrected chi connectivity index (χ2v) is 16.7. The number of urea groups is 1. The van der Waals surface area contributed by atoms with Gasteiger partial charge in [-0.15, -0.1) is 0 Å². The van der Waals surface area contributed by atoms with E-state index >= 15 is 0 Å². The van der Waals surface area contributed by atoms with E-state index in [-0.39, 0.29) is 24.1 Å². The molecule has 0 saturated carbocycles. The van der Waals surface area contributed by atoms with E-state index in [2.05, 4.69) is 91.9 Å². The number of aromatic nitrogens is 10. The molecule has 5 aromatic heterocycles. The van der Waals surface area contributed by atoms with Gasteiger partial charge in [0.1, 0.15) is 18.0 Å². The summed E-state index contributed by atoms with van der Waals surface area (Å²) in [5.41, 5.74) is 12.6. The number of hydrogen-bond acceptors (Lipinski definition) is 12. The van der Waals surface area contributed by atoms with Crippen molar-refractivity contribution in [2.24, 2.45) is 5.73 Å². The van der Waals surface area contributed by atoms with Crippen molar-refractivity contribution < 1.29 is 9.59 Å². The molecule has 0 radical (unpaired) electrons. The molecule has 0 unspecified atom stereocenters. The number of benzene rings is 4. The fraction of sp³-hybridized carbons (Fsp3) is 0.235. The zero-order chi connectivity index (χ0) is 49.8. The molecule has 2 aliphatic heterocycles. The van der Waals surface area contributed by atoms with Crippen LogP contribution in [0, 0.1) is 22.7 Å². The molecule has 0 bridgehead atoms. The molecule has 20 nitrogen and oxygen atoms in total. The van der Waals surface area contributed by atoms with Gasteiger partial charge in [0, 0.05) is 73.7 Å². The zero-order valence-electron chi connectivity index (χ0n) is 39.4. The lowest BCUT2D eigenvalue weighted by Crippen LogP contribution is -2.46. The van der Waals surface area contributed by atoms with E-state index in [9.17, 15) is 9.59 Å². The summed E-state index contributed by atoms with van der Waals surface area (Å²) < 4.78 is 1.33. The number of likely N-dealkylation sites (tertiary alicyclic amines) is 2. The highest BCUT2D eigenvalue weighted by Gasteiger charge is 2.31. The fourth-order valence-corrected chi connectivity index (χ4v) is 7.83. The van der Waals surface area contributed by atoms with Crippen LogP contribution in [-0.2, 0) is 0 Å². The highest BCUT2D eigenvalue weighted by atomic mass is 16.2. The lowest BCUT2D eigenvalue weighted by molar-refractivity contribution is 0.153. The summed E-state index contributed by atoms with van der Waals surface area (Å²) >= 11 is 0. The number of fused-ring (bicyclic) bond motifs is 2. The molecule has 9 aromatic rings. The number of nitrogens with one attached hydrogen (secondary N) is 7. The van der Waals surface area contributed by atoms with E-state index in [0.717, 1.165) is 72.5 Å². The quantitative estimate of drug-likeness (QED) is 0.0824. The Hall–Kier alpha value is -8.95. The number of para-hydroxylation sites is 4. The van der Waals surface area contributed by atoms with Crippen molar-refractivity contribution in [3.05, 3.63) is 176 Å². The summed E-state index contributed by atoms with van der Waals surface area (Å²) in [6.45, 7) is 1.92. The van der Waals surface area contributed by atoms with Crippen LogP contribution in [0.1, 0.15) is 60.5 Å². The topological polar surface area (TPSA) is 283 Å². The standard InChI is InChI=1S/C21H22N6O.C13H18N4.C11H8N4O.2C3H4N2/c1-27-11-10-16(24-21(28)23-15-8-6-14(13-22)7-9-15)12-19(27)20-25-17-4-2-3-5-18(17)26-20;1-17-7-6-9(14)8-12(17)13-15-10-4-2-3-5-11(10)16-13;12-7-9-1-3-10(4-2-9)14-11(16)15-6-5-13-8-15;2*1-2-5-3-4-1/h2-9,16,19H,10-12H2,1H3,(H,25,26)(H2,23,24,28);2-5,9,12H,6-8,14H2,1H3,(H,15,16);1-6,8H,(H,14,16);2*1-3H,(H,4,5)/t16-,19-;9-,12-;;;/m11.../s1. The van der Waals surface area contributed by atoms with Gasteiger partial charge in [0.05, 0.1) is 70.1 Å². The van der Waals surface area contributed by atoms with Gasteiger partial charge in [-0.3, -0.25) is 14.4 Å². The van der Waals surface area contributed by atoms with Crippen molar-refractivity contribution in [1.82, 2.24) is 64.5 Å². The number of aromatic amines is 4. The Morgan fingerprint density at radius 1 is 0.662 bits per heavy atom. The predicted octanol–water partition coefficient (Wildman–Crippen LogP) is 7.70. The number of H-pyrrole nitrogens is 4. The summed E-state index contributed by atoms with van der Waals surface area (Å²) in [5, 5.41) is 26.0. The Kier molecular flexibility index (Phi) is 17.9. The normalized spacial score (nSPS) is 17.4. The number of imidazole rings is 5. The van der Waals surface area contributed by atoms with Gasteiger partial charge in [0.15, 0.2) is 0 Å². The third kappa shape index (κ3) is 14.8. The van der Waals surface area contributed by atoms with Crippen molar-refractivity contribution in [2.45, 2.75) is 49.9 Å². The number of anilines is 2. The number of piperidine rings is 2. The SMILES string of the molecule is CN1CC[C@@H](N)C[C@@H]1c1nc2ccccc2[nH]1.CN1CC[C@@H](NC(=O)Nc2ccc(C#N)cc2)C[C@@H]1c1nc2ccccc2[nH]1.N#Cc1ccc(NC(=O)n2ccnc2)cc1.c1c[nH]cn1.c1c[nH]cn1. The van der Waals surface area contributed by atoms with E-state index in [1.807, 2.05) is 48.5 Å². The molecule has 4 aromatic carbocycles. The van der Waals surface area contributed by atoms with E-state index in [1.165, 1.54) is 17.1 Å². The minimum atomic E-state index is -0.290. The molecule has 71 heavy (non-hydrogen) atoms. The fourth-order valence-electron chi connectivity index (χ4n) is 7.83. The molecule has 2 aliphatic rings. The molecule has 2 fully saturated rings. The van der Waals surface area contributed by atoms with Crippen LogP contribution < -0.4 is 21.7 Å². The second-order valence-electron chi connectivity index (χ2n) is 16.7. The molecular weight excluding hydrogens is 897 g/mol. The smallest absolute Gasteiger partial charge is 0.331 e. The molecule has 7 heterocycles. The zero-order valence-corrected chi connectivity index (χ0v) is 39.4. The first kappa shape index (κ1) is 49.9. The van der Waals surface area contributed by atoms with Gasteiger partial charge in [-0.25, -0.2) is 34.5 Å². The van der Waals surface area contributed by atoms with Gasteiger partial charge in [-0.05, 0) is 113 Å². The number of carbonyl (C=O) groups is 2. The van der Waals surface area contributed by atoms with E-state index in [4.69, 9.17) is 21.2 Å². The monoisotopic (exact) mass is 952 g/mol. The molecule has 4 atom stereocenters. The second kappa shape index (κ2) is 25.4. The van der Waals surface area contributed by atoms with Crippen molar-refractivity contribution in [1.29, 1.82) is 10.5 Å². The summed E-state index contributed by atoms with van der Waals surface area (Å²) in [5.74, 6) is 1.98. The maximum atomic E-state index is 12.4. The number of nitrogens with zero attached hydrogens (tertiary/aromatic N) is 10. The van der Waals surface area contributed by atoms with E-state index < -0.39 is 0 Å². The maximum Gasteiger partial charge on any atom is 0.331 e. The Balaban J connectivity index is 0.000000148. The van der Waals surface area contributed by atoms with Crippen LogP contribution in [0.3, 0.4) is 0 Å². The Morgan fingerprint density at radius 3 is 1.65 bits per heavy atom. The number of amides is 3. The third-order valence-corrected chi connectivity index (χ3v) is 11.7. The molecule has 3 amide bonds. The molecule has 20 heteroatoms. The van der Waals surface area contributed by atoms with Crippen molar-refractivity contribution in [3.8, 4) is 12.1 Å². The summed E-state index contributed by atoms with van der Waals surface area (Å²) in [4.78, 5) is 61.4. The van der Waals surface area contributed by atoms with Crippen LogP contribution in [0.15, 0.2) is 153 Å². The van der Waals surface area contributed by atoms with Crippen molar-refractivity contribution in [3.63, 3.8) is 0 Å². The largest absolute Gasteiger partial charge is 0.351 e. The Bertz CT molecular complexity index is 2930. The van der Waals surface area contributed by atoms with Crippen LogP contribution in [0.4, 0.5) is 21.0 Å². The Labute approximate surface area is 410 Å². The van der Waals surface area contributed by atoms with Crippen molar-refractivity contribution >= 4 is 45.5 Å². The average Bonchev–Trinajstić information content (AvgIpc) is 4.26. The third-order valence-electron chi connectivity index (χ3n) is 11.7. The van der Waals surface area contributed by atoms with Gasteiger partial charge in [-0.2, -0.15) is 10.5 Å². The van der Waals surface area contributed by atoms with Crippen LogP contribution in [-0.4, -0.2) is 111 Å². The molecule has 2 saturated heterocycles. The Morgan fingerprint density at radius 2 is 1.18 bits per heavy atom. The first-order chi connectivity index (χ1) is 34.6. The lowest BCUT2D eigenvalue weighted by Gasteiger charge is -2.36. The number of hydrogen-bond donors (Lipinski definition) is 8. The average molecular weight is 953 g/mol. The molecule has 11 rings (SSSR count). The first-order valence-corrected chi connectivity index (χ1v) is 22.9. The van der Waals surface area contributed by atoms with Crippen molar-refractivity contribution in [2.75, 3.05) is 37.8 Å². The van der Waals surface area contributed by atoms with Gasteiger partial charge in [-0.1, -0.05) is 24.3 Å². The van der Waals surface area contributed by atoms with E-state index in [1.54, 1.807) is 92.2 Å². The molecule has 362 valence electrons. The highest BCUT2D eigenvalue weighted by Crippen LogP contribution is 2.30. The first-order valence-electron chi connectivity index (χ1n) is 22.9. The summed E-state index contributed by atoms with van der Waals surface area (Å²) in [6.07, 6.45) is 18.4. The number of rotatable bonds is 5. The van der Waals surface area contributed by atoms with Crippen LogP contribution in [0.25, 0.3) is 22.1 Å². The molecule has 0 spiro atoms. The highest BCUT2D eigenvalue weighted by molar-refractivity contribution is 5.91. The minimum Gasteiger partial charge on any atom is -0.351 e. The predicted molar refractivity (Wildman–Crippen MR) is 271 cm³/mol. The maximum absolute atomic E-state index is 12.4. The van der Waals surface area contributed by atoms with Gasteiger partial charge in [0.2, 0.25) is 0 Å². The summed E-state index contributed by atoms with van der Waals surface area (Å²) in [7, 11) is 4.23. The number of nitriles is 2. The molecule has 9 N–H and O–H groups in total. The van der Waals surface area contributed by atoms with Gasteiger partial charge >= 0.3 is 12.1 Å². The lowest BCUT2D eigenvalue weighted by atomic mass is 9.97. The van der Waals surface area contributed by atoms with Crippen LogP contribution in [0.5, 0.6) is 0 Å². The summed E-state index contributed by atoms with van der Waals surface area (Å²) in [6, 6.07) is 34.0. The van der Waals surface area contributed by atoms with Crippen LogP contribution >= 0.6 is 0 Å². The minimum absolute atomic E-state index is 0.0628.